The minimum absolute atomic E-state index is 0.118. The van der Waals surface area contributed by atoms with Crippen molar-refractivity contribution in [1.82, 2.24) is 0 Å². The second kappa shape index (κ2) is 8.16. The zero-order valence-electron chi connectivity index (χ0n) is 14.4. The number of phenolic OH excluding ortho intramolecular Hbond substituents is 1. The molecule has 0 saturated heterocycles. The highest BCUT2D eigenvalue weighted by molar-refractivity contribution is 14.1. The Bertz CT molecular complexity index is 830. The Labute approximate surface area is 178 Å². The van der Waals surface area contributed by atoms with E-state index in [0.29, 0.717) is 27.8 Å². The number of carboxylic acid groups (broad SMARTS) is 1. The highest BCUT2D eigenvalue weighted by Gasteiger charge is 2.14. The number of rotatable bonds is 6. The molecule has 0 amide bonds. The van der Waals surface area contributed by atoms with E-state index in [2.05, 4.69) is 0 Å². The van der Waals surface area contributed by atoms with Crippen molar-refractivity contribution in [2.45, 2.75) is 12.4 Å². The molecule has 0 aromatic heterocycles. The Morgan fingerprint density at radius 2 is 1.91 bits per heavy atom. The highest BCUT2D eigenvalue weighted by Crippen LogP contribution is 2.34. The Kier molecular flexibility index (Phi) is 5.31. The molecule has 4 N–H and O–H groups in total. The largest absolute Gasteiger partial charge is 0.506 e. The molecule has 122 valence electrons. The van der Waals surface area contributed by atoms with Gasteiger partial charge in [0.05, 0.1) is 12.1 Å². The fourth-order valence-electron chi connectivity index (χ4n) is 1.73. The first-order chi connectivity index (χ1) is 12.0. The Balaban J connectivity index is 2.26. The van der Waals surface area contributed by atoms with Gasteiger partial charge < -0.3 is 20.7 Å². The first-order valence-corrected chi connectivity index (χ1v) is 9.44. The number of aliphatic carboxylic acids is 1. The smallest absolute Gasteiger partial charge is 0.320 e. The van der Waals surface area contributed by atoms with Gasteiger partial charge in [-0.25, -0.2) is 0 Å². The first-order valence-electron chi connectivity index (χ1n) is 7.59. The fourth-order valence-corrected chi connectivity index (χ4v) is 4.14. The van der Waals surface area contributed by atoms with Crippen LogP contribution < -0.4 is 10.5 Å². The predicted octanol–water partition coefficient (Wildman–Crippen LogP) is 3.95. The monoisotopic (exact) mass is 657 g/mol. The number of benzene rings is 2. The van der Waals surface area contributed by atoms with Gasteiger partial charge in [0.1, 0.15) is 26.1 Å². The van der Waals surface area contributed by atoms with E-state index >= 15 is 0 Å². The van der Waals surface area contributed by atoms with Crippen molar-refractivity contribution in [3.63, 3.8) is 0 Å². The van der Waals surface area contributed by atoms with Gasteiger partial charge in [0, 0.05) is 0 Å². The molecule has 2 rings (SSSR count). The third kappa shape index (κ3) is 5.06. The second-order valence-corrected chi connectivity index (χ2v) is 8.02. The van der Waals surface area contributed by atoms with Crippen LogP contribution in [0.15, 0.2) is 30.3 Å². The van der Waals surface area contributed by atoms with Crippen molar-refractivity contribution in [3.8, 4) is 17.2 Å². The molecule has 23 heavy (non-hydrogen) atoms. The van der Waals surface area contributed by atoms with E-state index in [-0.39, 0.29) is 17.9 Å². The van der Waals surface area contributed by atoms with Gasteiger partial charge in [-0.2, -0.15) is 0 Å². The molecule has 0 aliphatic rings. The van der Waals surface area contributed by atoms with Gasteiger partial charge in [-0.05, 0) is 104 Å². The third-order valence-corrected chi connectivity index (χ3v) is 5.32. The van der Waals surface area contributed by atoms with Crippen LogP contribution in [0.3, 0.4) is 0 Å². The minimum Gasteiger partial charge on any atom is -0.506 e. The molecular formula is C15H12I3NO4. The summed E-state index contributed by atoms with van der Waals surface area (Å²) in [5.74, 6) is -0.289. The van der Waals surface area contributed by atoms with Crippen LogP contribution in [0.5, 0.6) is 17.2 Å². The summed E-state index contributed by atoms with van der Waals surface area (Å²) in [6.45, 7) is 0. The number of phenols is 1. The summed E-state index contributed by atoms with van der Waals surface area (Å²) in [6, 6.07) is 5.89. The first kappa shape index (κ1) is 15.0. The van der Waals surface area contributed by atoms with E-state index in [1.165, 1.54) is 0 Å². The Hall–Kier alpha value is -0.340. The van der Waals surface area contributed by atoms with Crippen LogP contribution in [-0.2, 0) is 11.2 Å². The van der Waals surface area contributed by atoms with Crippen LogP contribution in [0.4, 0.5) is 0 Å². The maximum Gasteiger partial charge on any atom is 0.320 e. The number of nitrogens with two attached hydrogens (primary N) is 1. The van der Waals surface area contributed by atoms with Gasteiger partial charge in [0.25, 0.3) is 0 Å². The lowest BCUT2D eigenvalue weighted by Crippen LogP contribution is -2.32. The molecule has 5 nitrogen and oxygen atoms in total. The number of carbonyl (C=O) groups is 1. The molecule has 0 radical (unpaired) electrons. The minimum atomic E-state index is -2.39. The summed E-state index contributed by atoms with van der Waals surface area (Å²) >= 11 is 6.04. The van der Waals surface area contributed by atoms with E-state index in [0.717, 1.165) is 0 Å². The van der Waals surface area contributed by atoms with Gasteiger partial charge in [-0.1, -0.05) is 6.07 Å². The molecule has 0 fully saturated rings. The van der Waals surface area contributed by atoms with Gasteiger partial charge in [-0.15, -0.1) is 0 Å². The summed E-state index contributed by atoms with van der Waals surface area (Å²) in [5, 5.41) is 19.0. The van der Waals surface area contributed by atoms with Crippen LogP contribution in [0.2, 0.25) is 2.82 Å². The van der Waals surface area contributed by atoms with E-state index in [1.54, 1.807) is 30.3 Å². The molecule has 0 aliphatic heterocycles. The molecule has 0 spiro atoms. The number of ether oxygens (including phenoxy) is 1. The SMILES string of the molecule is [3H]N([3H])[C@@]([3H])(Cc1ccc(Oc2cc(I)c(O)c(I)c2)c(I)c1)C(=O)O. The van der Waals surface area contributed by atoms with Gasteiger partial charge in [-0.3, -0.25) is 4.79 Å². The quantitative estimate of drug-likeness (QED) is 0.410. The number of carboxylic acids is 1. The zero-order valence-corrected chi connectivity index (χ0v) is 17.9. The second-order valence-electron chi connectivity index (χ2n) is 4.53. The lowest BCUT2D eigenvalue weighted by atomic mass is 10.1. The molecule has 0 heterocycles. The molecule has 1 atom stereocenters. The molecule has 8 heteroatoms. The lowest BCUT2D eigenvalue weighted by molar-refractivity contribution is -0.138. The van der Waals surface area contributed by atoms with E-state index < -0.39 is 12.0 Å². The molecule has 2 aromatic rings. The maximum atomic E-state index is 11.2. The van der Waals surface area contributed by atoms with E-state index in [9.17, 15) is 9.90 Å². The molecular weight excluding hydrogens is 639 g/mol. The number of hydrogen-bond acceptors (Lipinski definition) is 4. The van der Waals surface area contributed by atoms with E-state index in [1.807, 2.05) is 67.8 Å². The van der Waals surface area contributed by atoms with Crippen LogP contribution in [-0.4, -0.2) is 22.2 Å². The molecule has 0 saturated carbocycles. The fraction of sp³-hybridized carbons (Fsp3) is 0.133. The summed E-state index contributed by atoms with van der Waals surface area (Å²) in [4.78, 5) is 11.2. The van der Waals surface area contributed by atoms with Gasteiger partial charge in [0.15, 0.2) is 0 Å². The Morgan fingerprint density at radius 1 is 1.26 bits per heavy atom. The van der Waals surface area contributed by atoms with Crippen LogP contribution >= 0.6 is 67.8 Å². The predicted molar refractivity (Wildman–Crippen MR) is 112 cm³/mol. The summed E-state index contributed by atoms with van der Waals surface area (Å²) in [5.41, 5.74) is 0.380. The molecule has 2 aromatic carbocycles. The number of aromatic hydroxyl groups is 1. The summed E-state index contributed by atoms with van der Waals surface area (Å²) in [6.07, 6.45) is -0.319. The van der Waals surface area contributed by atoms with Crippen molar-refractivity contribution >= 4 is 73.7 Å². The van der Waals surface area contributed by atoms with Crippen molar-refractivity contribution in [3.05, 3.63) is 46.6 Å². The topological polar surface area (TPSA) is 92.8 Å². The van der Waals surface area contributed by atoms with E-state index in [4.69, 9.17) is 14.0 Å². The summed E-state index contributed by atoms with van der Waals surface area (Å²) < 4.78 is 30.1. The van der Waals surface area contributed by atoms with Crippen LogP contribution in [0.1, 0.15) is 6.93 Å². The maximum absolute atomic E-state index is 11.2. The van der Waals surface area contributed by atoms with Crippen molar-refractivity contribution < 1.29 is 23.9 Å². The molecule has 0 aliphatic carbocycles. The summed E-state index contributed by atoms with van der Waals surface area (Å²) in [7, 11) is 0. The van der Waals surface area contributed by atoms with Crippen molar-refractivity contribution in [2.75, 3.05) is 0 Å². The molecule has 0 bridgehead atoms. The van der Waals surface area contributed by atoms with Gasteiger partial charge >= 0.3 is 5.97 Å². The zero-order chi connectivity index (χ0) is 19.6. The normalized spacial score (nSPS) is 15.4. The highest BCUT2D eigenvalue weighted by atomic mass is 127. The molecule has 0 unspecified atom stereocenters. The lowest BCUT2D eigenvalue weighted by Gasteiger charge is -2.12. The number of halogens is 3. The average Bonchev–Trinajstić information content (AvgIpc) is 2.54. The number of hydrogen-bond donors (Lipinski definition) is 3. The van der Waals surface area contributed by atoms with Gasteiger partial charge in [0.2, 0.25) is 0 Å². The van der Waals surface area contributed by atoms with Crippen molar-refractivity contribution in [2.24, 2.45) is 5.72 Å². The average molecular weight is 657 g/mol. The van der Waals surface area contributed by atoms with Crippen LogP contribution in [0.25, 0.3) is 0 Å². The standard InChI is InChI=1S/C15H12I3NO4/c16-9-3-7(4-12(19)15(21)22)1-2-13(9)23-8-5-10(17)14(20)11(18)6-8/h1-3,5-6,12,20H,4,19H2,(H,21,22)/t12-/m0/s1/i12T/hT2. The van der Waals surface area contributed by atoms with Crippen LogP contribution in [0, 0.1) is 10.7 Å². The van der Waals surface area contributed by atoms with Crippen molar-refractivity contribution in [1.29, 1.82) is 0 Å². The third-order valence-electron chi connectivity index (χ3n) is 2.83. The Morgan fingerprint density at radius 3 is 2.43 bits per heavy atom.